The third-order valence-corrected chi connectivity index (χ3v) is 4.51. The fourth-order valence-corrected chi connectivity index (χ4v) is 3.18. The van der Waals surface area contributed by atoms with Gasteiger partial charge in [-0.05, 0) is 29.3 Å². The number of hydrogen-bond acceptors (Lipinski definition) is 5. The second kappa shape index (κ2) is 8.14. The highest BCUT2D eigenvalue weighted by Gasteiger charge is 2.16. The molecule has 138 valence electrons. The summed E-state index contributed by atoms with van der Waals surface area (Å²) in [6, 6.07) is 12.6. The molecule has 3 heterocycles. The van der Waals surface area contributed by atoms with Crippen LogP contribution in [0.3, 0.4) is 0 Å². The summed E-state index contributed by atoms with van der Waals surface area (Å²) in [6.07, 6.45) is 5.34. The second-order valence-corrected chi connectivity index (χ2v) is 6.60. The van der Waals surface area contributed by atoms with Crippen LogP contribution in [0, 0.1) is 5.82 Å². The van der Waals surface area contributed by atoms with Crippen molar-refractivity contribution in [1.82, 2.24) is 14.9 Å². The highest BCUT2D eigenvalue weighted by atomic mass is 19.1. The molecule has 0 saturated carbocycles. The van der Waals surface area contributed by atoms with Crippen LogP contribution in [0.25, 0.3) is 0 Å². The Hall–Kier alpha value is -2.99. The zero-order valence-corrected chi connectivity index (χ0v) is 14.9. The molecular formula is C21H21FN4O. The van der Waals surface area contributed by atoms with Crippen molar-refractivity contribution >= 4 is 5.69 Å². The summed E-state index contributed by atoms with van der Waals surface area (Å²) in [5.41, 5.74) is 4.12. The zero-order chi connectivity index (χ0) is 18.5. The molecule has 0 saturated heterocycles. The Morgan fingerprint density at radius 2 is 2.04 bits per heavy atom. The number of nitrogens with zero attached hydrogens (tertiary/aromatic N) is 3. The first-order chi connectivity index (χ1) is 13.3. The number of rotatable bonds is 5. The molecule has 0 unspecified atom stereocenters. The number of fused-ring (bicyclic) bond motifs is 1. The molecule has 2 aromatic heterocycles. The summed E-state index contributed by atoms with van der Waals surface area (Å²) >= 11 is 0. The number of halogens is 1. The van der Waals surface area contributed by atoms with Gasteiger partial charge in [-0.2, -0.15) is 0 Å². The predicted octanol–water partition coefficient (Wildman–Crippen LogP) is 3.62. The third-order valence-electron chi connectivity index (χ3n) is 4.51. The lowest BCUT2D eigenvalue weighted by Crippen LogP contribution is -2.25. The minimum atomic E-state index is -0.198. The molecule has 1 N–H and O–H groups in total. The van der Waals surface area contributed by atoms with Gasteiger partial charge in [-0.1, -0.05) is 18.2 Å². The van der Waals surface area contributed by atoms with E-state index < -0.39 is 0 Å². The van der Waals surface area contributed by atoms with E-state index in [1.54, 1.807) is 24.5 Å². The van der Waals surface area contributed by atoms with E-state index in [0.29, 0.717) is 19.0 Å². The average Bonchev–Trinajstić information content (AvgIpc) is 2.88. The van der Waals surface area contributed by atoms with Crippen LogP contribution in [0.2, 0.25) is 0 Å². The van der Waals surface area contributed by atoms with Gasteiger partial charge in [0, 0.05) is 50.2 Å². The average molecular weight is 364 g/mol. The van der Waals surface area contributed by atoms with Gasteiger partial charge in [-0.3, -0.25) is 9.88 Å². The molecule has 0 fully saturated rings. The van der Waals surface area contributed by atoms with Crippen LogP contribution in [0.4, 0.5) is 10.1 Å². The molecule has 5 nitrogen and oxygen atoms in total. The summed E-state index contributed by atoms with van der Waals surface area (Å²) in [7, 11) is 0. The van der Waals surface area contributed by atoms with Gasteiger partial charge in [-0.25, -0.2) is 9.37 Å². The number of nitrogens with one attached hydrogen (secondary N) is 1. The minimum Gasteiger partial charge on any atom is -0.473 e. The molecule has 4 rings (SSSR count). The normalized spacial score (nSPS) is 14.1. The summed E-state index contributed by atoms with van der Waals surface area (Å²) in [5, 5.41) is 3.41. The maximum absolute atomic E-state index is 13.5. The molecule has 6 heteroatoms. The van der Waals surface area contributed by atoms with E-state index in [-0.39, 0.29) is 5.82 Å². The van der Waals surface area contributed by atoms with Crippen LogP contribution in [-0.2, 0) is 19.7 Å². The van der Waals surface area contributed by atoms with Crippen molar-refractivity contribution in [3.05, 3.63) is 83.6 Å². The van der Waals surface area contributed by atoms with E-state index in [9.17, 15) is 4.39 Å². The Morgan fingerprint density at radius 3 is 2.89 bits per heavy atom. The zero-order valence-electron chi connectivity index (χ0n) is 14.9. The lowest BCUT2D eigenvalue weighted by molar-refractivity contribution is 0.269. The number of anilines is 1. The first kappa shape index (κ1) is 17.4. The van der Waals surface area contributed by atoms with Crippen LogP contribution >= 0.6 is 0 Å². The van der Waals surface area contributed by atoms with Gasteiger partial charge in [0.15, 0.2) is 0 Å². The number of ether oxygens (including phenoxy) is 1. The van der Waals surface area contributed by atoms with Crippen LogP contribution in [-0.4, -0.2) is 28.0 Å². The van der Waals surface area contributed by atoms with Crippen molar-refractivity contribution in [2.75, 3.05) is 18.4 Å². The van der Waals surface area contributed by atoms with Crippen LogP contribution in [0.15, 0.2) is 61.1 Å². The Morgan fingerprint density at radius 1 is 1.11 bits per heavy atom. The quantitative estimate of drug-likeness (QED) is 0.749. The van der Waals surface area contributed by atoms with E-state index in [2.05, 4.69) is 20.2 Å². The molecule has 0 aliphatic carbocycles. The molecule has 0 spiro atoms. The highest BCUT2D eigenvalue weighted by Crippen LogP contribution is 2.24. The Balaban J connectivity index is 1.46. The fourth-order valence-electron chi connectivity index (χ4n) is 3.18. The van der Waals surface area contributed by atoms with Crippen molar-refractivity contribution in [3.63, 3.8) is 0 Å². The number of aromatic nitrogens is 2. The van der Waals surface area contributed by atoms with Crippen molar-refractivity contribution in [2.24, 2.45) is 0 Å². The number of hydrogen-bond donors (Lipinski definition) is 1. The highest BCUT2D eigenvalue weighted by molar-refractivity contribution is 5.51. The fraction of sp³-hybridized carbons (Fsp3) is 0.238. The molecule has 1 aromatic carbocycles. The summed E-state index contributed by atoms with van der Waals surface area (Å²) in [4.78, 5) is 10.8. The van der Waals surface area contributed by atoms with Crippen LogP contribution in [0.5, 0.6) is 5.88 Å². The smallest absolute Gasteiger partial charge is 0.213 e. The molecule has 0 atom stereocenters. The SMILES string of the molecule is Fc1cccc(CN2CCNc3cnc(OCc4cccnc4)cc3C2)c1. The second-order valence-electron chi connectivity index (χ2n) is 6.60. The largest absolute Gasteiger partial charge is 0.473 e. The monoisotopic (exact) mass is 364 g/mol. The molecule has 0 amide bonds. The topological polar surface area (TPSA) is 50.3 Å². The Kier molecular flexibility index (Phi) is 5.25. The predicted molar refractivity (Wildman–Crippen MR) is 102 cm³/mol. The standard InChI is InChI=1S/C21H21FN4O/c22-19-5-1-3-16(9-19)13-26-8-7-24-20-12-25-21(10-18(20)14-26)27-15-17-4-2-6-23-11-17/h1-6,9-12,24H,7-8,13-15H2. The van der Waals surface area contributed by atoms with Crippen molar-refractivity contribution in [3.8, 4) is 5.88 Å². The minimum absolute atomic E-state index is 0.198. The van der Waals surface area contributed by atoms with E-state index in [1.807, 2.05) is 30.5 Å². The van der Waals surface area contributed by atoms with Crippen molar-refractivity contribution in [2.45, 2.75) is 19.7 Å². The Bertz CT molecular complexity index is 904. The van der Waals surface area contributed by atoms with E-state index in [4.69, 9.17) is 4.74 Å². The van der Waals surface area contributed by atoms with Gasteiger partial charge in [0.1, 0.15) is 12.4 Å². The van der Waals surface area contributed by atoms with Crippen molar-refractivity contribution < 1.29 is 9.13 Å². The van der Waals surface area contributed by atoms with Gasteiger partial charge in [0.05, 0.1) is 11.9 Å². The van der Waals surface area contributed by atoms with Crippen LogP contribution in [0.1, 0.15) is 16.7 Å². The van der Waals surface area contributed by atoms with Gasteiger partial charge < -0.3 is 10.1 Å². The van der Waals surface area contributed by atoms with Gasteiger partial charge in [0.2, 0.25) is 5.88 Å². The molecule has 1 aliphatic rings. The third kappa shape index (κ3) is 4.60. The molecular weight excluding hydrogens is 343 g/mol. The van der Waals surface area contributed by atoms with E-state index >= 15 is 0 Å². The molecule has 27 heavy (non-hydrogen) atoms. The van der Waals surface area contributed by atoms with Gasteiger partial charge in [0.25, 0.3) is 0 Å². The molecule has 0 radical (unpaired) electrons. The lowest BCUT2D eigenvalue weighted by Gasteiger charge is -2.20. The maximum atomic E-state index is 13.5. The van der Waals surface area contributed by atoms with Crippen molar-refractivity contribution in [1.29, 1.82) is 0 Å². The summed E-state index contributed by atoms with van der Waals surface area (Å²) in [5.74, 6) is 0.392. The lowest BCUT2D eigenvalue weighted by atomic mass is 10.1. The maximum Gasteiger partial charge on any atom is 0.213 e. The van der Waals surface area contributed by atoms with Gasteiger partial charge in [-0.15, -0.1) is 0 Å². The first-order valence-corrected chi connectivity index (χ1v) is 8.97. The van der Waals surface area contributed by atoms with Gasteiger partial charge >= 0.3 is 0 Å². The Labute approximate surface area is 157 Å². The first-order valence-electron chi connectivity index (χ1n) is 8.97. The molecule has 0 bridgehead atoms. The summed E-state index contributed by atoms with van der Waals surface area (Å²) < 4.78 is 19.3. The van der Waals surface area contributed by atoms with E-state index in [0.717, 1.165) is 42.0 Å². The summed E-state index contributed by atoms with van der Waals surface area (Å²) in [6.45, 7) is 3.58. The number of pyridine rings is 2. The van der Waals surface area contributed by atoms with E-state index in [1.165, 1.54) is 6.07 Å². The number of benzene rings is 1. The molecule has 1 aliphatic heterocycles. The van der Waals surface area contributed by atoms with Crippen LogP contribution < -0.4 is 10.1 Å². The molecule has 3 aromatic rings.